The minimum atomic E-state index is 0.464. The summed E-state index contributed by atoms with van der Waals surface area (Å²) in [6.45, 7) is 12.4. The van der Waals surface area contributed by atoms with E-state index in [0.717, 1.165) is 61.0 Å². The molecule has 0 atom stereocenters. The molecule has 0 saturated carbocycles. The first kappa shape index (κ1) is 29.3. The maximum absolute atomic E-state index is 9.65. The number of hydrogen-bond donors (Lipinski definition) is 0. The lowest BCUT2D eigenvalue weighted by atomic mass is 9.92. The van der Waals surface area contributed by atoms with Gasteiger partial charge in [0.25, 0.3) is 0 Å². The van der Waals surface area contributed by atoms with Crippen molar-refractivity contribution in [2.45, 2.75) is 13.8 Å². The van der Waals surface area contributed by atoms with Crippen LogP contribution in [0.3, 0.4) is 0 Å². The molecule has 0 unspecified atom stereocenters. The Hall–Kier alpha value is -6.88. The van der Waals surface area contributed by atoms with Crippen LogP contribution >= 0.6 is 0 Å². The third-order valence-corrected chi connectivity index (χ3v) is 10.0. The Morgan fingerprint density at radius 3 is 1.94 bits per heavy atom. The van der Waals surface area contributed by atoms with Crippen molar-refractivity contribution in [2.24, 2.45) is 0 Å². The van der Waals surface area contributed by atoms with Crippen LogP contribution in [-0.2, 0) is 0 Å². The van der Waals surface area contributed by atoms with Crippen molar-refractivity contribution in [3.05, 3.63) is 174 Å². The van der Waals surface area contributed by atoms with E-state index in [1.807, 2.05) is 12.1 Å². The van der Waals surface area contributed by atoms with Crippen molar-refractivity contribution in [1.82, 2.24) is 9.13 Å². The van der Waals surface area contributed by atoms with Gasteiger partial charge in [0.2, 0.25) is 0 Å². The number of benzene rings is 7. The Bertz CT molecular complexity index is 2890. The maximum Gasteiger partial charge on any atom is 0.196 e. The van der Waals surface area contributed by atoms with Crippen LogP contribution in [0.1, 0.15) is 16.7 Å². The maximum atomic E-state index is 9.65. The lowest BCUT2D eigenvalue weighted by Crippen LogP contribution is -2.01. The van der Waals surface area contributed by atoms with Gasteiger partial charge in [-0.3, -0.25) is 0 Å². The molecular formula is C46H30N4. The van der Waals surface area contributed by atoms with Crippen LogP contribution in [-0.4, -0.2) is 9.13 Å². The average Bonchev–Trinajstić information content (AvgIpc) is 3.68. The molecule has 4 nitrogen and oxygen atoms in total. The highest BCUT2D eigenvalue weighted by Crippen LogP contribution is 2.46. The zero-order valence-electron chi connectivity index (χ0n) is 27.6. The Balaban J connectivity index is 1.42. The summed E-state index contributed by atoms with van der Waals surface area (Å²) in [6.07, 6.45) is 0. The van der Waals surface area contributed by atoms with E-state index in [1.54, 1.807) is 6.07 Å². The molecule has 0 aliphatic heterocycles. The fourth-order valence-corrected chi connectivity index (χ4v) is 7.86. The molecule has 50 heavy (non-hydrogen) atoms. The first-order valence-corrected chi connectivity index (χ1v) is 16.7. The monoisotopic (exact) mass is 638 g/mol. The van der Waals surface area contributed by atoms with Crippen molar-refractivity contribution in [2.75, 3.05) is 0 Å². The lowest BCUT2D eigenvalue weighted by molar-refractivity contribution is 1.12. The van der Waals surface area contributed by atoms with Gasteiger partial charge in [-0.1, -0.05) is 97.1 Å². The Morgan fingerprint density at radius 1 is 0.560 bits per heavy atom. The highest BCUT2D eigenvalue weighted by molar-refractivity contribution is 6.21. The van der Waals surface area contributed by atoms with Gasteiger partial charge in [0, 0.05) is 32.8 Å². The summed E-state index contributed by atoms with van der Waals surface area (Å²) in [5.41, 5.74) is 14.1. The Kier molecular flexibility index (Phi) is 6.66. The summed E-state index contributed by atoms with van der Waals surface area (Å²) in [5.74, 6) is 0. The summed E-state index contributed by atoms with van der Waals surface area (Å²) in [7, 11) is 0. The second-order valence-electron chi connectivity index (χ2n) is 12.9. The van der Waals surface area contributed by atoms with Crippen LogP contribution in [0.5, 0.6) is 0 Å². The van der Waals surface area contributed by atoms with Crippen LogP contribution in [0.15, 0.2) is 146 Å². The molecule has 0 N–H and O–H groups in total. The van der Waals surface area contributed by atoms with Gasteiger partial charge in [0.1, 0.15) is 0 Å². The van der Waals surface area contributed by atoms with Crippen molar-refractivity contribution < 1.29 is 0 Å². The molecule has 7 aromatic carbocycles. The summed E-state index contributed by atoms with van der Waals surface area (Å²) in [4.78, 5) is 3.91. The van der Waals surface area contributed by atoms with E-state index >= 15 is 0 Å². The molecule has 2 heterocycles. The molecular weight excluding hydrogens is 609 g/mol. The minimum Gasteiger partial charge on any atom is -0.309 e. The topological polar surface area (TPSA) is 38.0 Å². The molecule has 4 heteroatoms. The van der Waals surface area contributed by atoms with E-state index in [9.17, 15) is 5.26 Å². The molecule has 0 radical (unpaired) electrons. The smallest absolute Gasteiger partial charge is 0.196 e. The van der Waals surface area contributed by atoms with E-state index in [2.05, 4.69) is 161 Å². The molecule has 0 fully saturated rings. The summed E-state index contributed by atoms with van der Waals surface area (Å²) in [6, 6.07) is 53.1. The summed E-state index contributed by atoms with van der Waals surface area (Å²) >= 11 is 0. The minimum absolute atomic E-state index is 0.464. The lowest BCUT2D eigenvalue weighted by Gasteiger charge is -2.18. The number of nitriles is 1. The van der Waals surface area contributed by atoms with E-state index in [-0.39, 0.29) is 0 Å². The van der Waals surface area contributed by atoms with E-state index in [1.165, 1.54) is 27.4 Å². The number of aryl methyl sites for hydroxylation is 2. The van der Waals surface area contributed by atoms with Gasteiger partial charge in [0.15, 0.2) is 5.69 Å². The van der Waals surface area contributed by atoms with Crippen molar-refractivity contribution >= 4 is 49.3 Å². The molecule has 9 aromatic rings. The molecule has 0 amide bonds. The van der Waals surface area contributed by atoms with Gasteiger partial charge < -0.3 is 9.13 Å². The summed E-state index contributed by atoms with van der Waals surface area (Å²) in [5, 5.41) is 14.3. The fourth-order valence-electron chi connectivity index (χ4n) is 7.86. The highest BCUT2D eigenvalue weighted by atomic mass is 15.0. The third kappa shape index (κ3) is 4.30. The van der Waals surface area contributed by atoms with Crippen molar-refractivity contribution in [3.63, 3.8) is 0 Å². The van der Waals surface area contributed by atoms with Gasteiger partial charge in [0.05, 0.1) is 40.4 Å². The Labute approximate surface area is 290 Å². The number of hydrogen-bond acceptors (Lipinski definition) is 1. The SMILES string of the molecule is [C-]#[N+]c1cc(C#N)ccc1-c1ccc(-c2ccc3c(c2)c2ccccc2n3-c2ccccc2)c2c3ccccc3n(-c3c(C)cccc3C)c12. The normalized spacial score (nSPS) is 11.4. The second-order valence-corrected chi connectivity index (χ2v) is 12.9. The van der Waals surface area contributed by atoms with E-state index in [4.69, 9.17) is 6.57 Å². The number of nitrogens with zero attached hydrogens (tertiary/aromatic N) is 4. The van der Waals surface area contributed by atoms with Gasteiger partial charge in [-0.05, 0) is 95.8 Å². The first-order chi connectivity index (χ1) is 24.6. The quantitative estimate of drug-likeness (QED) is 0.177. The molecule has 0 aliphatic rings. The number of fused-ring (bicyclic) bond motifs is 6. The van der Waals surface area contributed by atoms with Gasteiger partial charge in [-0.15, -0.1) is 0 Å². The first-order valence-electron chi connectivity index (χ1n) is 16.7. The fraction of sp³-hybridized carbons (Fsp3) is 0.0435. The van der Waals surface area contributed by atoms with Crippen LogP contribution in [0.2, 0.25) is 0 Å². The van der Waals surface area contributed by atoms with Gasteiger partial charge >= 0.3 is 0 Å². The largest absolute Gasteiger partial charge is 0.309 e. The van der Waals surface area contributed by atoms with E-state index < -0.39 is 0 Å². The zero-order valence-corrected chi connectivity index (χ0v) is 27.6. The molecule has 0 spiro atoms. The predicted octanol–water partition coefficient (Wildman–Crippen LogP) is 12.3. The summed E-state index contributed by atoms with van der Waals surface area (Å²) < 4.78 is 4.73. The van der Waals surface area contributed by atoms with Gasteiger partial charge in [-0.25, -0.2) is 4.85 Å². The molecule has 0 bridgehead atoms. The predicted molar refractivity (Wildman–Crippen MR) is 206 cm³/mol. The Morgan fingerprint density at radius 2 is 1.20 bits per heavy atom. The molecule has 9 rings (SSSR count). The van der Waals surface area contributed by atoms with Crippen LogP contribution in [0, 0.1) is 31.8 Å². The van der Waals surface area contributed by atoms with E-state index in [0.29, 0.717) is 11.3 Å². The van der Waals surface area contributed by atoms with Gasteiger partial charge in [-0.2, -0.15) is 5.26 Å². The average molecular weight is 639 g/mol. The molecule has 0 saturated heterocycles. The van der Waals surface area contributed by atoms with Crippen molar-refractivity contribution in [1.29, 1.82) is 5.26 Å². The van der Waals surface area contributed by atoms with Crippen LogP contribution in [0.25, 0.3) is 82.1 Å². The number of para-hydroxylation sites is 4. The zero-order chi connectivity index (χ0) is 33.9. The molecule has 234 valence electrons. The van der Waals surface area contributed by atoms with Crippen LogP contribution < -0.4 is 0 Å². The third-order valence-electron chi connectivity index (χ3n) is 10.0. The molecule has 0 aliphatic carbocycles. The molecule has 2 aromatic heterocycles. The standard InChI is InChI=1S/C46H30N4/c1-29-12-11-13-30(2)45(29)50-42-19-10-8-17-38(42)44-34(23-24-37(46(44)50)35-22-20-31(28-47)26-40(35)48-3)32-21-25-43-39(27-32)36-16-7-9-18-41(36)49(43)33-14-5-4-6-15-33/h4-27H,1-2H3. The second kappa shape index (κ2) is 11.4. The highest BCUT2D eigenvalue weighted by Gasteiger charge is 2.23. The van der Waals surface area contributed by atoms with Crippen LogP contribution in [0.4, 0.5) is 5.69 Å². The number of rotatable bonds is 4. The van der Waals surface area contributed by atoms with Crippen molar-refractivity contribution in [3.8, 4) is 39.7 Å². The number of aromatic nitrogens is 2.